The number of hydrogen-bond donors (Lipinski definition) is 0. The quantitative estimate of drug-likeness (QED) is 0.537. The van der Waals surface area contributed by atoms with E-state index in [0.717, 1.165) is 18.5 Å². The van der Waals surface area contributed by atoms with Gasteiger partial charge in [0.05, 0.1) is 4.90 Å². The highest BCUT2D eigenvalue weighted by atomic mass is 32.2. The number of aromatic nitrogens is 1. The van der Waals surface area contributed by atoms with Crippen LogP contribution in [0.3, 0.4) is 0 Å². The normalized spacial score (nSPS) is 13.8. The topological polar surface area (TPSA) is 67.3 Å². The number of benzene rings is 2. The van der Waals surface area contributed by atoms with Gasteiger partial charge in [0.15, 0.2) is 9.84 Å². The molecule has 0 saturated carbocycles. The Morgan fingerprint density at radius 1 is 1.00 bits per heavy atom. The smallest absolute Gasteiger partial charge is 0.330 e. The average molecular weight is 464 g/mol. The molecule has 2 aromatic carbocycles. The molecule has 2 heterocycles. The summed E-state index contributed by atoms with van der Waals surface area (Å²) in [7, 11) is -3.67. The molecule has 0 unspecified atom stereocenters. The SMILES string of the molecule is CS(=O)(=O)c1ccc(-c2ccccc2F)c(C(=O)N2Cc3cnc(C(F)(F)F)cc3C2)c1. The lowest BCUT2D eigenvalue weighted by Crippen LogP contribution is -2.26. The van der Waals surface area contributed by atoms with Gasteiger partial charge in [0.2, 0.25) is 0 Å². The standard InChI is InChI=1S/C22H16F4N2O3S/c1-32(30,31)15-6-7-16(17-4-2-3-5-19(17)23)18(9-15)21(29)28-11-13-8-20(22(24,25)26)27-10-14(13)12-28/h2-10H,11-12H2,1H3. The zero-order valence-corrected chi connectivity index (χ0v) is 17.5. The molecule has 5 nitrogen and oxygen atoms in total. The van der Waals surface area contributed by atoms with Crippen molar-refractivity contribution in [2.45, 2.75) is 24.2 Å². The summed E-state index contributed by atoms with van der Waals surface area (Å²) < 4.78 is 77.5. The van der Waals surface area contributed by atoms with Gasteiger partial charge in [-0.2, -0.15) is 13.2 Å². The highest BCUT2D eigenvalue weighted by molar-refractivity contribution is 7.90. The first-order chi connectivity index (χ1) is 14.9. The van der Waals surface area contributed by atoms with Gasteiger partial charge in [-0.15, -0.1) is 0 Å². The molecule has 3 aromatic rings. The van der Waals surface area contributed by atoms with Crippen LogP contribution in [0.4, 0.5) is 17.6 Å². The molecule has 1 aliphatic heterocycles. The minimum absolute atomic E-state index is 0.000875. The molecule has 0 atom stereocenters. The zero-order valence-electron chi connectivity index (χ0n) is 16.6. The largest absolute Gasteiger partial charge is 0.433 e. The van der Waals surface area contributed by atoms with Crippen LogP contribution in [0.15, 0.2) is 59.6 Å². The molecule has 10 heteroatoms. The van der Waals surface area contributed by atoms with Crippen LogP contribution in [0.5, 0.6) is 0 Å². The third-order valence-electron chi connectivity index (χ3n) is 5.20. The minimum Gasteiger partial charge on any atom is -0.330 e. The van der Waals surface area contributed by atoms with Gasteiger partial charge in [0, 0.05) is 36.7 Å². The summed E-state index contributed by atoms with van der Waals surface area (Å²) in [6.07, 6.45) is -2.56. The molecule has 166 valence electrons. The highest BCUT2D eigenvalue weighted by Crippen LogP contribution is 2.34. The second-order valence-electron chi connectivity index (χ2n) is 7.46. The van der Waals surface area contributed by atoms with Gasteiger partial charge in [-0.3, -0.25) is 9.78 Å². The number of nitrogens with zero attached hydrogens (tertiary/aromatic N) is 2. The molecule has 0 N–H and O–H groups in total. The summed E-state index contributed by atoms with van der Waals surface area (Å²) in [5, 5.41) is 0. The van der Waals surface area contributed by atoms with Crippen LogP contribution in [-0.4, -0.2) is 30.5 Å². The van der Waals surface area contributed by atoms with Crippen LogP contribution in [-0.2, 0) is 29.1 Å². The second-order valence-corrected chi connectivity index (χ2v) is 9.47. The Balaban J connectivity index is 1.76. The number of rotatable bonds is 3. The third-order valence-corrected chi connectivity index (χ3v) is 6.31. The average Bonchev–Trinajstić information content (AvgIpc) is 3.15. The van der Waals surface area contributed by atoms with E-state index in [0.29, 0.717) is 11.1 Å². The summed E-state index contributed by atoms with van der Waals surface area (Å²) in [6, 6.07) is 10.4. The molecular formula is C22H16F4N2O3S. The first-order valence-electron chi connectivity index (χ1n) is 9.38. The first-order valence-corrected chi connectivity index (χ1v) is 11.3. The summed E-state index contributed by atoms with van der Waals surface area (Å²) in [6.45, 7) is -0.112. The molecule has 0 spiro atoms. The van der Waals surface area contributed by atoms with Crippen LogP contribution in [0.1, 0.15) is 27.2 Å². The Hall–Kier alpha value is -3.27. The number of carbonyl (C=O) groups is 1. The monoisotopic (exact) mass is 464 g/mol. The predicted molar refractivity (Wildman–Crippen MR) is 108 cm³/mol. The Kier molecular flexibility index (Phi) is 5.28. The van der Waals surface area contributed by atoms with Crippen LogP contribution in [0.2, 0.25) is 0 Å². The molecule has 0 aliphatic carbocycles. The lowest BCUT2D eigenvalue weighted by atomic mass is 9.98. The summed E-state index contributed by atoms with van der Waals surface area (Å²) >= 11 is 0. The maximum absolute atomic E-state index is 14.4. The van der Waals surface area contributed by atoms with E-state index in [4.69, 9.17) is 0 Å². The van der Waals surface area contributed by atoms with Gasteiger partial charge in [-0.05, 0) is 41.0 Å². The molecule has 0 radical (unpaired) electrons. The van der Waals surface area contributed by atoms with E-state index in [1.165, 1.54) is 41.3 Å². The van der Waals surface area contributed by atoms with Crippen molar-refractivity contribution < 1.29 is 30.8 Å². The number of pyridine rings is 1. The van der Waals surface area contributed by atoms with E-state index >= 15 is 0 Å². The van der Waals surface area contributed by atoms with Crippen LogP contribution < -0.4 is 0 Å². The van der Waals surface area contributed by atoms with Gasteiger partial charge in [-0.25, -0.2) is 12.8 Å². The fraction of sp³-hybridized carbons (Fsp3) is 0.182. The Morgan fingerprint density at radius 3 is 2.34 bits per heavy atom. The molecule has 0 saturated heterocycles. The molecular weight excluding hydrogens is 448 g/mol. The van der Waals surface area contributed by atoms with Crippen molar-refractivity contribution in [2.24, 2.45) is 0 Å². The van der Waals surface area contributed by atoms with E-state index in [-0.39, 0.29) is 34.7 Å². The van der Waals surface area contributed by atoms with E-state index in [1.54, 1.807) is 6.07 Å². The van der Waals surface area contributed by atoms with Crippen molar-refractivity contribution in [3.05, 3.63) is 82.9 Å². The molecule has 0 fully saturated rings. The lowest BCUT2D eigenvalue weighted by Gasteiger charge is -2.19. The van der Waals surface area contributed by atoms with E-state index in [2.05, 4.69) is 4.98 Å². The van der Waals surface area contributed by atoms with E-state index < -0.39 is 33.4 Å². The van der Waals surface area contributed by atoms with Crippen molar-refractivity contribution in [1.29, 1.82) is 0 Å². The highest BCUT2D eigenvalue weighted by Gasteiger charge is 2.35. The van der Waals surface area contributed by atoms with E-state index in [9.17, 15) is 30.8 Å². The van der Waals surface area contributed by atoms with Crippen molar-refractivity contribution in [3.63, 3.8) is 0 Å². The summed E-state index contributed by atoms with van der Waals surface area (Å²) in [4.78, 5) is 17.9. The second kappa shape index (κ2) is 7.70. The number of carbonyl (C=O) groups excluding carboxylic acids is 1. The van der Waals surface area contributed by atoms with E-state index in [1.807, 2.05) is 0 Å². The predicted octanol–water partition coefficient (Wildman–Crippen LogP) is 4.47. The number of amides is 1. The van der Waals surface area contributed by atoms with Crippen molar-refractivity contribution >= 4 is 15.7 Å². The molecule has 1 amide bonds. The van der Waals surface area contributed by atoms with Crippen molar-refractivity contribution in [1.82, 2.24) is 9.88 Å². The number of fused-ring (bicyclic) bond motifs is 1. The third kappa shape index (κ3) is 4.10. The molecule has 1 aromatic heterocycles. The van der Waals surface area contributed by atoms with Gasteiger partial charge in [-0.1, -0.05) is 24.3 Å². The molecule has 1 aliphatic rings. The summed E-state index contributed by atoms with van der Waals surface area (Å²) in [5.74, 6) is -1.23. The van der Waals surface area contributed by atoms with Gasteiger partial charge >= 0.3 is 6.18 Å². The van der Waals surface area contributed by atoms with Gasteiger partial charge < -0.3 is 4.90 Å². The van der Waals surface area contributed by atoms with Gasteiger partial charge in [0.25, 0.3) is 5.91 Å². The molecule has 0 bridgehead atoms. The Bertz CT molecular complexity index is 1340. The van der Waals surface area contributed by atoms with Crippen LogP contribution in [0, 0.1) is 5.82 Å². The maximum atomic E-state index is 14.4. The fourth-order valence-electron chi connectivity index (χ4n) is 3.60. The van der Waals surface area contributed by atoms with Crippen molar-refractivity contribution in [2.75, 3.05) is 6.26 Å². The number of hydrogen-bond acceptors (Lipinski definition) is 4. The number of alkyl halides is 3. The summed E-state index contributed by atoms with van der Waals surface area (Å²) in [5.41, 5.74) is -0.0730. The Labute approximate surface area is 181 Å². The Morgan fingerprint density at radius 2 is 1.69 bits per heavy atom. The maximum Gasteiger partial charge on any atom is 0.433 e. The molecule has 32 heavy (non-hydrogen) atoms. The van der Waals surface area contributed by atoms with Crippen LogP contribution >= 0.6 is 0 Å². The first kappa shape index (κ1) is 21.9. The molecule has 4 rings (SSSR count). The number of halogens is 4. The lowest BCUT2D eigenvalue weighted by molar-refractivity contribution is -0.141. The van der Waals surface area contributed by atoms with Crippen LogP contribution in [0.25, 0.3) is 11.1 Å². The number of sulfone groups is 1. The van der Waals surface area contributed by atoms with Gasteiger partial charge in [0.1, 0.15) is 11.5 Å². The minimum atomic E-state index is -4.62. The fourth-order valence-corrected chi connectivity index (χ4v) is 4.24. The van der Waals surface area contributed by atoms with Crippen molar-refractivity contribution in [3.8, 4) is 11.1 Å². The zero-order chi connectivity index (χ0) is 23.3.